The molecule has 1 saturated heterocycles. The molecule has 3 rings (SSSR count). The predicted octanol–water partition coefficient (Wildman–Crippen LogP) is 1.54. The molecule has 1 heterocycles. The number of piperazine rings is 1. The number of amides is 1. The number of nitrogens with one attached hydrogen (secondary N) is 1. The Bertz CT molecular complexity index is 419. The van der Waals surface area contributed by atoms with Crippen LogP contribution in [0.5, 0.6) is 0 Å². The van der Waals surface area contributed by atoms with Gasteiger partial charge in [-0.25, -0.2) is 0 Å². The van der Waals surface area contributed by atoms with Crippen LogP contribution < -0.4 is 5.32 Å². The van der Waals surface area contributed by atoms with Crippen molar-refractivity contribution in [3.8, 4) is 0 Å². The Labute approximate surface area is 108 Å². The number of hydrogen-bond donors (Lipinski definition) is 1. The molecule has 0 bridgehead atoms. The lowest BCUT2D eigenvalue weighted by molar-refractivity contribution is -0.141. The van der Waals surface area contributed by atoms with Gasteiger partial charge in [0.25, 0.3) is 0 Å². The predicted molar refractivity (Wildman–Crippen MR) is 71.4 cm³/mol. The molecule has 1 saturated carbocycles. The highest BCUT2D eigenvalue weighted by Crippen LogP contribution is 2.45. The number of hydrogen-bond acceptors (Lipinski definition) is 2. The number of rotatable bonds is 2. The highest BCUT2D eigenvalue weighted by molar-refractivity contribution is 5.89. The van der Waals surface area contributed by atoms with E-state index in [1.165, 1.54) is 12.0 Å². The van der Waals surface area contributed by atoms with E-state index in [4.69, 9.17) is 0 Å². The van der Waals surface area contributed by atoms with Gasteiger partial charge in [0, 0.05) is 26.2 Å². The SMILES string of the molecule is O=C(N1CCNCC1)C1(c2ccccc2)CCC1. The van der Waals surface area contributed by atoms with Gasteiger partial charge in [-0.2, -0.15) is 0 Å². The summed E-state index contributed by atoms with van der Waals surface area (Å²) >= 11 is 0. The maximum atomic E-state index is 12.8. The highest BCUT2D eigenvalue weighted by atomic mass is 16.2. The normalized spacial score (nSPS) is 22.3. The lowest BCUT2D eigenvalue weighted by Gasteiger charge is -2.45. The molecule has 2 aliphatic rings. The van der Waals surface area contributed by atoms with Gasteiger partial charge in [0.1, 0.15) is 0 Å². The fraction of sp³-hybridized carbons (Fsp3) is 0.533. The van der Waals surface area contributed by atoms with Crippen molar-refractivity contribution in [3.05, 3.63) is 35.9 Å². The van der Waals surface area contributed by atoms with Gasteiger partial charge in [0.05, 0.1) is 5.41 Å². The van der Waals surface area contributed by atoms with Gasteiger partial charge in [-0.05, 0) is 18.4 Å². The minimum atomic E-state index is -0.210. The minimum Gasteiger partial charge on any atom is -0.339 e. The number of nitrogens with zero attached hydrogens (tertiary/aromatic N) is 1. The van der Waals surface area contributed by atoms with Crippen molar-refractivity contribution in [1.29, 1.82) is 0 Å². The molecule has 18 heavy (non-hydrogen) atoms. The second-order valence-corrected chi connectivity index (χ2v) is 5.34. The van der Waals surface area contributed by atoms with Crippen molar-refractivity contribution < 1.29 is 4.79 Å². The Hall–Kier alpha value is -1.35. The number of carbonyl (C=O) groups excluding carboxylic acids is 1. The van der Waals surface area contributed by atoms with Gasteiger partial charge in [0.2, 0.25) is 5.91 Å². The van der Waals surface area contributed by atoms with Crippen LogP contribution in [0.2, 0.25) is 0 Å². The van der Waals surface area contributed by atoms with Crippen LogP contribution in [-0.2, 0) is 10.2 Å². The third-order valence-electron chi connectivity index (χ3n) is 4.35. The van der Waals surface area contributed by atoms with E-state index in [2.05, 4.69) is 17.4 Å². The summed E-state index contributed by atoms with van der Waals surface area (Å²) in [7, 11) is 0. The lowest BCUT2D eigenvalue weighted by Crippen LogP contribution is -2.56. The smallest absolute Gasteiger partial charge is 0.233 e. The first kappa shape index (κ1) is 11.7. The Kier molecular flexibility index (Phi) is 3.08. The molecule has 1 aliphatic heterocycles. The number of carbonyl (C=O) groups is 1. The maximum absolute atomic E-state index is 12.8. The molecular formula is C15H20N2O. The third kappa shape index (κ3) is 1.83. The third-order valence-corrected chi connectivity index (χ3v) is 4.35. The largest absolute Gasteiger partial charge is 0.339 e. The van der Waals surface area contributed by atoms with Crippen molar-refractivity contribution in [2.24, 2.45) is 0 Å². The maximum Gasteiger partial charge on any atom is 0.233 e. The summed E-state index contributed by atoms with van der Waals surface area (Å²) in [6, 6.07) is 10.3. The molecule has 0 unspecified atom stereocenters. The monoisotopic (exact) mass is 244 g/mol. The van der Waals surface area contributed by atoms with Gasteiger partial charge in [-0.1, -0.05) is 36.8 Å². The number of benzene rings is 1. The van der Waals surface area contributed by atoms with Crippen LogP contribution in [-0.4, -0.2) is 37.0 Å². The van der Waals surface area contributed by atoms with Crippen LogP contribution >= 0.6 is 0 Å². The second-order valence-electron chi connectivity index (χ2n) is 5.34. The molecule has 1 amide bonds. The van der Waals surface area contributed by atoms with E-state index in [-0.39, 0.29) is 5.41 Å². The zero-order chi connectivity index (χ0) is 12.4. The molecule has 96 valence electrons. The van der Waals surface area contributed by atoms with E-state index in [1.807, 2.05) is 23.1 Å². The zero-order valence-electron chi connectivity index (χ0n) is 10.7. The standard InChI is InChI=1S/C15H20N2O/c18-14(17-11-9-16-10-12-17)15(7-4-8-15)13-5-2-1-3-6-13/h1-3,5-6,16H,4,7-12H2. The van der Waals surface area contributed by atoms with Gasteiger partial charge in [-0.15, -0.1) is 0 Å². The van der Waals surface area contributed by atoms with Crippen LogP contribution in [0.1, 0.15) is 24.8 Å². The first-order chi connectivity index (χ1) is 8.83. The first-order valence-corrected chi connectivity index (χ1v) is 6.89. The molecule has 1 N–H and O–H groups in total. The van der Waals surface area contributed by atoms with Crippen LogP contribution in [0.3, 0.4) is 0 Å². The van der Waals surface area contributed by atoms with Crippen molar-refractivity contribution in [2.45, 2.75) is 24.7 Å². The molecule has 0 atom stereocenters. The Morgan fingerprint density at radius 3 is 2.33 bits per heavy atom. The lowest BCUT2D eigenvalue weighted by atomic mass is 9.63. The highest BCUT2D eigenvalue weighted by Gasteiger charge is 2.47. The molecule has 1 aliphatic carbocycles. The fourth-order valence-electron chi connectivity index (χ4n) is 3.08. The molecule has 2 fully saturated rings. The van der Waals surface area contributed by atoms with Crippen molar-refractivity contribution in [2.75, 3.05) is 26.2 Å². The zero-order valence-corrected chi connectivity index (χ0v) is 10.7. The van der Waals surface area contributed by atoms with Crippen molar-refractivity contribution >= 4 is 5.91 Å². The molecule has 1 aromatic rings. The summed E-state index contributed by atoms with van der Waals surface area (Å²) in [5.74, 6) is 0.349. The molecule has 3 nitrogen and oxygen atoms in total. The fourth-order valence-corrected chi connectivity index (χ4v) is 3.08. The summed E-state index contributed by atoms with van der Waals surface area (Å²) in [6.45, 7) is 3.56. The van der Waals surface area contributed by atoms with E-state index >= 15 is 0 Å². The molecular weight excluding hydrogens is 224 g/mol. The molecule has 1 aromatic carbocycles. The molecule has 0 radical (unpaired) electrons. The molecule has 0 spiro atoms. The molecule has 0 aromatic heterocycles. The average molecular weight is 244 g/mol. The van der Waals surface area contributed by atoms with Gasteiger partial charge < -0.3 is 10.2 Å². The van der Waals surface area contributed by atoms with Gasteiger partial charge in [0.15, 0.2) is 0 Å². The van der Waals surface area contributed by atoms with E-state index in [0.29, 0.717) is 5.91 Å². The van der Waals surface area contributed by atoms with E-state index in [9.17, 15) is 4.79 Å². The van der Waals surface area contributed by atoms with Gasteiger partial charge in [-0.3, -0.25) is 4.79 Å². The minimum absolute atomic E-state index is 0.210. The first-order valence-electron chi connectivity index (χ1n) is 6.89. The summed E-state index contributed by atoms with van der Waals surface area (Å²) < 4.78 is 0. The molecule has 3 heteroatoms. The summed E-state index contributed by atoms with van der Waals surface area (Å²) in [6.07, 6.45) is 3.20. The van der Waals surface area contributed by atoms with E-state index in [1.54, 1.807) is 0 Å². The van der Waals surface area contributed by atoms with Crippen molar-refractivity contribution in [3.63, 3.8) is 0 Å². The van der Waals surface area contributed by atoms with Crippen molar-refractivity contribution in [1.82, 2.24) is 10.2 Å². The van der Waals surface area contributed by atoms with Crippen LogP contribution in [0.4, 0.5) is 0 Å². The van der Waals surface area contributed by atoms with Gasteiger partial charge >= 0.3 is 0 Å². The summed E-state index contributed by atoms with van der Waals surface area (Å²) in [4.78, 5) is 14.8. The van der Waals surface area contributed by atoms with E-state index in [0.717, 1.165) is 39.0 Å². The topological polar surface area (TPSA) is 32.3 Å². The summed E-state index contributed by atoms with van der Waals surface area (Å²) in [5, 5.41) is 3.30. The van der Waals surface area contributed by atoms with Crippen LogP contribution in [0.25, 0.3) is 0 Å². The second kappa shape index (κ2) is 4.73. The van der Waals surface area contributed by atoms with E-state index < -0.39 is 0 Å². The quantitative estimate of drug-likeness (QED) is 0.856. The Morgan fingerprint density at radius 2 is 1.78 bits per heavy atom. The van der Waals surface area contributed by atoms with Crippen LogP contribution in [0.15, 0.2) is 30.3 Å². The average Bonchev–Trinajstić information content (AvgIpc) is 2.40. The Morgan fingerprint density at radius 1 is 1.11 bits per heavy atom. The van der Waals surface area contributed by atoms with Crippen LogP contribution in [0, 0.1) is 0 Å². The summed E-state index contributed by atoms with van der Waals surface area (Å²) in [5.41, 5.74) is 0.998. The Balaban J connectivity index is 1.85.